The molecule has 0 radical (unpaired) electrons. The predicted molar refractivity (Wildman–Crippen MR) is 99.4 cm³/mol. The van der Waals surface area contributed by atoms with E-state index in [1.807, 2.05) is 49.1 Å². The van der Waals surface area contributed by atoms with Crippen LogP contribution in [0.15, 0.2) is 34.9 Å². The third kappa shape index (κ3) is 4.49. The molecule has 6 nitrogen and oxygen atoms in total. The first-order valence-corrected chi connectivity index (χ1v) is 9.44. The van der Waals surface area contributed by atoms with Crippen molar-refractivity contribution in [2.75, 3.05) is 13.1 Å². The highest BCUT2D eigenvalue weighted by molar-refractivity contribution is 5.83. The summed E-state index contributed by atoms with van der Waals surface area (Å²) in [7, 11) is 0. The van der Waals surface area contributed by atoms with Gasteiger partial charge in [0, 0.05) is 19.0 Å². The highest BCUT2D eigenvalue weighted by atomic mass is 16.5. The molecule has 0 spiro atoms. The van der Waals surface area contributed by atoms with Crippen LogP contribution >= 0.6 is 0 Å². The SMILES string of the molecule is CC1CCN(C(=O)[C@H](NCc2nc(C(C)C)no2)c2ccccc2)CC1. The monoisotopic (exact) mass is 356 g/mol. The zero-order chi connectivity index (χ0) is 18.5. The number of hydrogen-bond donors (Lipinski definition) is 1. The molecular weight excluding hydrogens is 328 g/mol. The molecule has 1 aromatic carbocycles. The summed E-state index contributed by atoms with van der Waals surface area (Å²) in [5.41, 5.74) is 0.958. The van der Waals surface area contributed by atoms with Crippen LogP contribution in [0.1, 0.15) is 62.9 Å². The van der Waals surface area contributed by atoms with Crippen LogP contribution in [0.25, 0.3) is 0 Å². The molecule has 2 heterocycles. The first kappa shape index (κ1) is 18.6. The molecule has 1 aromatic heterocycles. The minimum atomic E-state index is -0.404. The van der Waals surface area contributed by atoms with Crippen LogP contribution in [-0.2, 0) is 11.3 Å². The van der Waals surface area contributed by atoms with Gasteiger partial charge in [-0.1, -0.05) is 56.3 Å². The van der Waals surface area contributed by atoms with E-state index in [1.54, 1.807) is 0 Å². The number of rotatable bonds is 6. The first-order chi connectivity index (χ1) is 12.5. The molecule has 0 saturated carbocycles. The molecule has 0 unspecified atom stereocenters. The summed E-state index contributed by atoms with van der Waals surface area (Å²) in [5.74, 6) is 2.22. The van der Waals surface area contributed by atoms with E-state index < -0.39 is 6.04 Å². The van der Waals surface area contributed by atoms with Gasteiger partial charge in [0.15, 0.2) is 5.82 Å². The van der Waals surface area contributed by atoms with E-state index in [-0.39, 0.29) is 11.8 Å². The number of piperidine rings is 1. The third-order valence-electron chi connectivity index (χ3n) is 4.93. The molecule has 1 N–H and O–H groups in total. The van der Waals surface area contributed by atoms with Gasteiger partial charge in [0.1, 0.15) is 6.04 Å². The summed E-state index contributed by atoms with van der Waals surface area (Å²) in [6, 6.07) is 9.43. The van der Waals surface area contributed by atoms with E-state index in [0.717, 1.165) is 31.5 Å². The first-order valence-electron chi connectivity index (χ1n) is 9.44. The Bertz CT molecular complexity index is 706. The normalized spacial score (nSPS) is 16.8. The lowest BCUT2D eigenvalue weighted by molar-refractivity contribution is -0.135. The Morgan fingerprint density at radius 3 is 2.58 bits per heavy atom. The average molecular weight is 356 g/mol. The maximum atomic E-state index is 13.1. The molecule has 0 bridgehead atoms. The van der Waals surface area contributed by atoms with E-state index in [0.29, 0.717) is 24.2 Å². The summed E-state index contributed by atoms with van der Waals surface area (Å²) in [6.45, 7) is 8.31. The standard InChI is InChI=1S/C20H28N4O2/c1-14(2)19-22-17(26-23-19)13-21-18(16-7-5-4-6-8-16)20(25)24-11-9-15(3)10-12-24/h4-8,14-15,18,21H,9-13H2,1-3H3/t18-/m1/s1. The number of carbonyl (C=O) groups is 1. The van der Waals surface area contributed by atoms with Crippen LogP contribution in [0.3, 0.4) is 0 Å². The predicted octanol–water partition coefficient (Wildman–Crippen LogP) is 3.28. The Balaban J connectivity index is 1.72. The molecule has 1 saturated heterocycles. The number of likely N-dealkylation sites (tertiary alicyclic amines) is 1. The lowest BCUT2D eigenvalue weighted by Crippen LogP contribution is -2.44. The Labute approximate surface area is 155 Å². The molecule has 140 valence electrons. The zero-order valence-electron chi connectivity index (χ0n) is 15.8. The summed E-state index contributed by atoms with van der Waals surface area (Å²) in [5, 5.41) is 7.31. The molecule has 26 heavy (non-hydrogen) atoms. The number of aromatic nitrogens is 2. The Morgan fingerprint density at radius 1 is 1.27 bits per heavy atom. The summed E-state index contributed by atoms with van der Waals surface area (Å²) in [6.07, 6.45) is 2.13. The number of amides is 1. The van der Waals surface area contributed by atoms with Crippen molar-refractivity contribution in [1.29, 1.82) is 0 Å². The number of benzene rings is 1. The van der Waals surface area contributed by atoms with E-state index in [9.17, 15) is 4.79 Å². The van der Waals surface area contributed by atoms with Crippen molar-refractivity contribution >= 4 is 5.91 Å². The molecule has 0 aliphatic carbocycles. The highest BCUT2D eigenvalue weighted by Gasteiger charge is 2.28. The molecule has 3 rings (SSSR count). The van der Waals surface area contributed by atoms with Gasteiger partial charge in [0.05, 0.1) is 6.54 Å². The zero-order valence-corrected chi connectivity index (χ0v) is 15.8. The van der Waals surface area contributed by atoms with Gasteiger partial charge < -0.3 is 9.42 Å². The molecule has 1 atom stereocenters. The van der Waals surface area contributed by atoms with Gasteiger partial charge in [-0.25, -0.2) is 0 Å². The van der Waals surface area contributed by atoms with Crippen molar-refractivity contribution in [3.05, 3.63) is 47.6 Å². The number of nitrogens with one attached hydrogen (secondary N) is 1. The lowest BCUT2D eigenvalue weighted by Gasteiger charge is -2.33. The van der Waals surface area contributed by atoms with Crippen molar-refractivity contribution < 1.29 is 9.32 Å². The van der Waals surface area contributed by atoms with Crippen molar-refractivity contribution in [2.24, 2.45) is 5.92 Å². The topological polar surface area (TPSA) is 71.3 Å². The second-order valence-electron chi connectivity index (χ2n) is 7.43. The van der Waals surface area contributed by atoms with Crippen LogP contribution in [-0.4, -0.2) is 34.0 Å². The van der Waals surface area contributed by atoms with Crippen LogP contribution in [0.5, 0.6) is 0 Å². The smallest absolute Gasteiger partial charge is 0.244 e. The molecule has 1 amide bonds. The van der Waals surface area contributed by atoms with E-state index in [4.69, 9.17) is 4.52 Å². The Hall–Kier alpha value is -2.21. The fourth-order valence-corrected chi connectivity index (χ4v) is 3.17. The fraction of sp³-hybridized carbons (Fsp3) is 0.550. The van der Waals surface area contributed by atoms with Crippen LogP contribution in [0.2, 0.25) is 0 Å². The van der Waals surface area contributed by atoms with Crippen molar-refractivity contribution in [1.82, 2.24) is 20.4 Å². The van der Waals surface area contributed by atoms with E-state index >= 15 is 0 Å². The quantitative estimate of drug-likeness (QED) is 0.860. The van der Waals surface area contributed by atoms with Gasteiger partial charge in [0.25, 0.3) is 0 Å². The molecule has 6 heteroatoms. The minimum absolute atomic E-state index is 0.117. The Morgan fingerprint density at radius 2 is 1.96 bits per heavy atom. The second kappa shape index (κ2) is 8.45. The highest BCUT2D eigenvalue weighted by Crippen LogP contribution is 2.22. The van der Waals surface area contributed by atoms with Crippen LogP contribution in [0, 0.1) is 5.92 Å². The third-order valence-corrected chi connectivity index (χ3v) is 4.93. The molecular formula is C20H28N4O2. The van der Waals surface area contributed by atoms with Gasteiger partial charge in [-0.2, -0.15) is 4.98 Å². The fourth-order valence-electron chi connectivity index (χ4n) is 3.17. The van der Waals surface area contributed by atoms with Crippen molar-refractivity contribution in [3.8, 4) is 0 Å². The van der Waals surface area contributed by atoms with Crippen molar-refractivity contribution in [3.63, 3.8) is 0 Å². The van der Waals surface area contributed by atoms with Crippen LogP contribution in [0.4, 0.5) is 0 Å². The maximum Gasteiger partial charge on any atom is 0.244 e. The lowest BCUT2D eigenvalue weighted by atomic mass is 9.97. The van der Waals surface area contributed by atoms with Gasteiger partial charge in [0.2, 0.25) is 11.8 Å². The van der Waals surface area contributed by atoms with E-state index in [1.165, 1.54) is 0 Å². The molecule has 1 aliphatic heterocycles. The molecule has 1 fully saturated rings. The summed E-state index contributed by atoms with van der Waals surface area (Å²) < 4.78 is 5.30. The van der Waals surface area contributed by atoms with Gasteiger partial charge in [-0.3, -0.25) is 10.1 Å². The minimum Gasteiger partial charge on any atom is -0.341 e. The maximum absolute atomic E-state index is 13.1. The van der Waals surface area contributed by atoms with E-state index in [2.05, 4.69) is 22.4 Å². The largest absolute Gasteiger partial charge is 0.341 e. The van der Waals surface area contributed by atoms with Gasteiger partial charge in [-0.15, -0.1) is 0 Å². The molecule has 1 aliphatic rings. The number of nitrogens with zero attached hydrogens (tertiary/aromatic N) is 3. The van der Waals surface area contributed by atoms with Crippen LogP contribution < -0.4 is 5.32 Å². The summed E-state index contributed by atoms with van der Waals surface area (Å²) in [4.78, 5) is 19.5. The average Bonchev–Trinajstić information content (AvgIpc) is 3.12. The summed E-state index contributed by atoms with van der Waals surface area (Å²) >= 11 is 0. The number of hydrogen-bond acceptors (Lipinski definition) is 5. The second-order valence-corrected chi connectivity index (χ2v) is 7.43. The van der Waals surface area contributed by atoms with Gasteiger partial charge >= 0.3 is 0 Å². The Kier molecular flexibility index (Phi) is 6.04. The number of carbonyl (C=O) groups excluding carboxylic acids is 1. The van der Waals surface area contributed by atoms with Gasteiger partial charge in [-0.05, 0) is 24.3 Å². The molecule has 2 aromatic rings. The van der Waals surface area contributed by atoms with Crippen molar-refractivity contribution in [2.45, 2.75) is 52.1 Å².